The van der Waals surface area contributed by atoms with E-state index >= 15 is 0 Å². The highest BCUT2D eigenvalue weighted by atomic mass is 79.9. The summed E-state index contributed by atoms with van der Waals surface area (Å²) in [5.41, 5.74) is 6.89. The Morgan fingerprint density at radius 1 is 1.14 bits per heavy atom. The van der Waals surface area contributed by atoms with Crippen molar-refractivity contribution >= 4 is 33.5 Å². The third-order valence-corrected chi connectivity index (χ3v) is 3.30. The second kappa shape index (κ2) is 6.41. The highest BCUT2D eigenvalue weighted by Crippen LogP contribution is 2.19. The number of aliphatic carboxylic acids is 1. The third-order valence-electron chi connectivity index (χ3n) is 2.84. The number of carboxylic acid groups (broad SMARTS) is 1. The van der Waals surface area contributed by atoms with Crippen LogP contribution in [0.15, 0.2) is 53.0 Å². The summed E-state index contributed by atoms with van der Waals surface area (Å²) in [7, 11) is 0. The van der Waals surface area contributed by atoms with Crippen molar-refractivity contribution in [3.8, 4) is 0 Å². The van der Waals surface area contributed by atoms with E-state index in [9.17, 15) is 14.7 Å². The van der Waals surface area contributed by atoms with E-state index in [2.05, 4.69) is 21.2 Å². The molecule has 21 heavy (non-hydrogen) atoms. The number of rotatable bonds is 4. The van der Waals surface area contributed by atoms with Gasteiger partial charge in [0.2, 0.25) is 0 Å². The lowest BCUT2D eigenvalue weighted by molar-refractivity contribution is -0.139. The first-order chi connectivity index (χ1) is 9.97. The van der Waals surface area contributed by atoms with Crippen molar-refractivity contribution < 1.29 is 14.7 Å². The second-order valence-electron chi connectivity index (χ2n) is 4.43. The molecular formula is C15H13BrN2O3. The standard InChI is InChI=1S/C15H13BrN2O3/c16-11-6-10(7-12(17)8-11)14(19)18-13(15(20)21)9-4-2-1-3-5-9/h1-8,13H,17H2,(H,18,19)(H,20,21). The van der Waals surface area contributed by atoms with Gasteiger partial charge in [0.05, 0.1) is 0 Å². The van der Waals surface area contributed by atoms with Crippen LogP contribution in [0.25, 0.3) is 0 Å². The molecule has 2 aromatic carbocycles. The van der Waals surface area contributed by atoms with Crippen molar-refractivity contribution in [3.63, 3.8) is 0 Å². The lowest BCUT2D eigenvalue weighted by atomic mass is 10.1. The van der Waals surface area contributed by atoms with Crippen LogP contribution in [0.2, 0.25) is 0 Å². The molecule has 1 amide bonds. The van der Waals surface area contributed by atoms with Gasteiger partial charge in [0.1, 0.15) is 0 Å². The Kier molecular flexibility index (Phi) is 4.59. The zero-order chi connectivity index (χ0) is 15.4. The van der Waals surface area contributed by atoms with Crippen LogP contribution < -0.4 is 11.1 Å². The van der Waals surface area contributed by atoms with E-state index in [4.69, 9.17) is 5.73 Å². The lowest BCUT2D eigenvalue weighted by Crippen LogP contribution is -2.33. The number of carbonyl (C=O) groups is 2. The molecule has 0 heterocycles. The van der Waals surface area contributed by atoms with E-state index in [-0.39, 0.29) is 0 Å². The Hall–Kier alpha value is -2.34. The monoisotopic (exact) mass is 348 g/mol. The lowest BCUT2D eigenvalue weighted by Gasteiger charge is -2.15. The first-order valence-corrected chi connectivity index (χ1v) is 6.91. The summed E-state index contributed by atoms with van der Waals surface area (Å²) in [5, 5.41) is 11.8. The smallest absolute Gasteiger partial charge is 0.330 e. The summed E-state index contributed by atoms with van der Waals surface area (Å²) in [4.78, 5) is 23.5. The summed E-state index contributed by atoms with van der Waals surface area (Å²) in [5.74, 6) is -1.63. The maximum absolute atomic E-state index is 12.2. The van der Waals surface area contributed by atoms with E-state index < -0.39 is 17.9 Å². The summed E-state index contributed by atoms with van der Waals surface area (Å²) in [6.07, 6.45) is 0. The van der Waals surface area contributed by atoms with Crippen molar-refractivity contribution in [2.24, 2.45) is 0 Å². The van der Waals surface area contributed by atoms with Crippen LogP contribution in [-0.2, 0) is 4.79 Å². The molecule has 4 N–H and O–H groups in total. The minimum Gasteiger partial charge on any atom is -0.479 e. The molecule has 2 aromatic rings. The number of hydrogen-bond donors (Lipinski definition) is 3. The molecule has 2 rings (SSSR count). The van der Waals surface area contributed by atoms with Crippen LogP contribution in [0.4, 0.5) is 5.69 Å². The van der Waals surface area contributed by atoms with E-state index in [1.165, 1.54) is 6.07 Å². The van der Waals surface area contributed by atoms with E-state index in [0.29, 0.717) is 21.3 Å². The molecule has 0 bridgehead atoms. The number of nitrogens with one attached hydrogen (secondary N) is 1. The highest BCUT2D eigenvalue weighted by Gasteiger charge is 2.22. The SMILES string of the molecule is Nc1cc(Br)cc(C(=O)NC(C(=O)O)c2ccccc2)c1. The van der Waals surface area contributed by atoms with E-state index in [1.54, 1.807) is 42.5 Å². The minimum atomic E-state index is -1.13. The minimum absolute atomic E-state index is 0.295. The zero-order valence-electron chi connectivity index (χ0n) is 10.9. The van der Waals surface area contributed by atoms with Crippen molar-refractivity contribution in [3.05, 3.63) is 64.1 Å². The Bertz CT molecular complexity index is 654. The summed E-state index contributed by atoms with van der Waals surface area (Å²) < 4.78 is 0.652. The number of hydrogen-bond acceptors (Lipinski definition) is 3. The highest BCUT2D eigenvalue weighted by molar-refractivity contribution is 9.10. The molecule has 6 heteroatoms. The van der Waals surface area contributed by atoms with Gasteiger partial charge in [0.25, 0.3) is 5.91 Å². The zero-order valence-corrected chi connectivity index (χ0v) is 12.5. The predicted molar refractivity (Wildman–Crippen MR) is 82.8 cm³/mol. The number of halogens is 1. The Morgan fingerprint density at radius 2 is 1.81 bits per heavy atom. The normalized spacial score (nSPS) is 11.7. The second-order valence-corrected chi connectivity index (χ2v) is 5.34. The van der Waals surface area contributed by atoms with Crippen LogP contribution >= 0.6 is 15.9 Å². The fourth-order valence-electron chi connectivity index (χ4n) is 1.89. The molecule has 1 unspecified atom stereocenters. The molecule has 0 spiro atoms. The molecule has 0 aliphatic heterocycles. The average molecular weight is 349 g/mol. The van der Waals surface area contributed by atoms with Gasteiger partial charge in [0.15, 0.2) is 6.04 Å². The molecule has 0 aromatic heterocycles. The average Bonchev–Trinajstić information content (AvgIpc) is 2.44. The summed E-state index contributed by atoms with van der Waals surface area (Å²) >= 11 is 3.25. The van der Waals surface area contributed by atoms with Gasteiger partial charge >= 0.3 is 5.97 Å². The Morgan fingerprint density at radius 3 is 2.38 bits per heavy atom. The number of nitrogen functional groups attached to an aromatic ring is 1. The number of carbonyl (C=O) groups excluding carboxylic acids is 1. The molecule has 0 radical (unpaired) electrons. The van der Waals surface area contributed by atoms with Gasteiger partial charge in [-0.2, -0.15) is 0 Å². The number of anilines is 1. The topological polar surface area (TPSA) is 92.4 Å². The first-order valence-electron chi connectivity index (χ1n) is 6.12. The maximum atomic E-state index is 12.2. The molecule has 0 fully saturated rings. The summed E-state index contributed by atoms with van der Waals surface area (Å²) in [6.45, 7) is 0. The van der Waals surface area contributed by atoms with Gasteiger partial charge in [0, 0.05) is 15.7 Å². The van der Waals surface area contributed by atoms with Crippen LogP contribution in [0.3, 0.4) is 0 Å². The van der Waals surface area contributed by atoms with E-state index in [0.717, 1.165) is 0 Å². The largest absolute Gasteiger partial charge is 0.479 e. The molecule has 108 valence electrons. The molecule has 0 aliphatic carbocycles. The fourth-order valence-corrected chi connectivity index (χ4v) is 2.40. The van der Waals surface area contributed by atoms with Crippen molar-refractivity contribution in [2.75, 3.05) is 5.73 Å². The van der Waals surface area contributed by atoms with Crippen LogP contribution in [0.1, 0.15) is 22.0 Å². The third kappa shape index (κ3) is 3.82. The van der Waals surface area contributed by atoms with E-state index in [1.807, 2.05) is 0 Å². The number of benzene rings is 2. The van der Waals surface area contributed by atoms with Gasteiger partial charge < -0.3 is 16.2 Å². The number of amides is 1. The number of nitrogens with two attached hydrogens (primary N) is 1. The van der Waals surface area contributed by atoms with Crippen LogP contribution in [-0.4, -0.2) is 17.0 Å². The molecule has 0 saturated heterocycles. The molecule has 0 aliphatic rings. The quantitative estimate of drug-likeness (QED) is 0.740. The van der Waals surface area contributed by atoms with Gasteiger partial charge in [-0.25, -0.2) is 4.79 Å². The van der Waals surface area contributed by atoms with Gasteiger partial charge in [-0.3, -0.25) is 4.79 Å². The van der Waals surface area contributed by atoms with Crippen molar-refractivity contribution in [1.82, 2.24) is 5.32 Å². The molecule has 5 nitrogen and oxygen atoms in total. The van der Waals surface area contributed by atoms with Crippen molar-refractivity contribution in [1.29, 1.82) is 0 Å². The molecular weight excluding hydrogens is 336 g/mol. The van der Waals surface area contributed by atoms with Gasteiger partial charge in [-0.1, -0.05) is 46.3 Å². The van der Waals surface area contributed by atoms with Crippen molar-refractivity contribution in [2.45, 2.75) is 6.04 Å². The Labute approximate surface area is 129 Å². The summed E-state index contributed by atoms with van der Waals surface area (Å²) in [6, 6.07) is 12.1. The Balaban J connectivity index is 2.25. The van der Waals surface area contributed by atoms with Gasteiger partial charge in [-0.15, -0.1) is 0 Å². The first kappa shape index (κ1) is 15.1. The fraction of sp³-hybridized carbons (Fsp3) is 0.0667. The predicted octanol–water partition coefficient (Wildman–Crippen LogP) is 2.59. The maximum Gasteiger partial charge on any atom is 0.330 e. The van der Waals surface area contributed by atoms with Gasteiger partial charge in [-0.05, 0) is 23.8 Å². The van der Waals surface area contributed by atoms with Crippen LogP contribution in [0, 0.1) is 0 Å². The number of carboxylic acids is 1. The molecule has 0 saturated carbocycles. The molecule has 1 atom stereocenters. The van der Waals surface area contributed by atoms with Crippen LogP contribution in [0.5, 0.6) is 0 Å².